The largest absolute Gasteiger partial charge is 0.398 e. The minimum Gasteiger partial charge on any atom is -0.398 e. The summed E-state index contributed by atoms with van der Waals surface area (Å²) in [7, 11) is 0.609. The van der Waals surface area contributed by atoms with E-state index < -0.39 is 16.6 Å². The maximum atomic E-state index is 12.9. The molecule has 0 saturated heterocycles. The van der Waals surface area contributed by atoms with E-state index in [4.69, 9.17) is 5.73 Å². The Morgan fingerprint density at radius 2 is 2.28 bits per heavy atom. The van der Waals surface area contributed by atoms with Crippen molar-refractivity contribution in [2.75, 3.05) is 11.5 Å². The van der Waals surface area contributed by atoms with Crippen LogP contribution in [-0.4, -0.2) is 19.7 Å². The van der Waals surface area contributed by atoms with Gasteiger partial charge in [-0.3, -0.25) is 8.89 Å². The highest BCUT2D eigenvalue weighted by molar-refractivity contribution is 7.85. The lowest BCUT2D eigenvalue weighted by Gasteiger charge is -2.05. The summed E-state index contributed by atoms with van der Waals surface area (Å²) in [5, 5.41) is 4.04. The van der Waals surface area contributed by atoms with Crippen molar-refractivity contribution in [3.05, 3.63) is 42.0 Å². The Balaban J connectivity index is 2.03. The van der Waals surface area contributed by atoms with Gasteiger partial charge in [0.1, 0.15) is 5.82 Å². The van der Waals surface area contributed by atoms with Crippen molar-refractivity contribution in [3.8, 4) is 0 Å². The molecule has 0 aliphatic heterocycles. The highest BCUT2D eigenvalue weighted by Gasteiger charge is 2.09. The number of nitrogens with zero attached hydrogens (tertiary/aromatic N) is 2. The summed E-state index contributed by atoms with van der Waals surface area (Å²) in [6.45, 7) is 0. The van der Waals surface area contributed by atoms with Gasteiger partial charge in [0, 0.05) is 19.0 Å². The first-order chi connectivity index (χ1) is 8.56. The molecule has 18 heavy (non-hydrogen) atoms. The maximum absolute atomic E-state index is 12.9. The third-order valence-electron chi connectivity index (χ3n) is 2.55. The molecule has 0 aliphatic rings. The summed E-state index contributed by atoms with van der Waals surface area (Å²) in [6, 6.07) is 3.94. The summed E-state index contributed by atoms with van der Waals surface area (Å²) in [5.74, 6) is 0.0298. The molecular weight excluding hydrogens is 253 g/mol. The van der Waals surface area contributed by atoms with E-state index in [1.54, 1.807) is 10.9 Å². The number of hydrogen-bond donors (Lipinski definition) is 1. The van der Waals surface area contributed by atoms with Crippen LogP contribution in [0.5, 0.6) is 0 Å². The second-order valence-electron chi connectivity index (χ2n) is 4.00. The lowest BCUT2D eigenvalue weighted by atomic mass is 10.3. The Hall–Kier alpha value is -1.69. The molecular formula is C12H14FN3OS. The monoisotopic (exact) mass is 267 g/mol. The van der Waals surface area contributed by atoms with Crippen LogP contribution in [0.15, 0.2) is 35.5 Å². The lowest BCUT2D eigenvalue weighted by Crippen LogP contribution is -2.04. The van der Waals surface area contributed by atoms with Crippen molar-refractivity contribution >= 4 is 16.5 Å². The van der Waals surface area contributed by atoms with Gasteiger partial charge in [0.05, 0.1) is 27.6 Å². The molecule has 1 aromatic heterocycles. The SMILES string of the molecule is Cn1cc(CCS(=O)c2ccc(F)cc2N)cn1. The molecule has 1 aromatic carbocycles. The van der Waals surface area contributed by atoms with E-state index in [-0.39, 0.29) is 5.69 Å². The van der Waals surface area contributed by atoms with Gasteiger partial charge in [0.15, 0.2) is 0 Å². The predicted molar refractivity (Wildman–Crippen MR) is 69.0 cm³/mol. The molecule has 2 aromatic rings. The molecule has 0 fully saturated rings. The lowest BCUT2D eigenvalue weighted by molar-refractivity contribution is 0.627. The third-order valence-corrected chi connectivity index (χ3v) is 3.99. The van der Waals surface area contributed by atoms with Gasteiger partial charge in [-0.25, -0.2) is 4.39 Å². The van der Waals surface area contributed by atoms with E-state index in [2.05, 4.69) is 5.10 Å². The summed E-state index contributed by atoms with van der Waals surface area (Å²) < 4.78 is 26.6. The normalized spacial score (nSPS) is 12.6. The zero-order chi connectivity index (χ0) is 13.1. The topological polar surface area (TPSA) is 60.9 Å². The van der Waals surface area contributed by atoms with Crippen LogP contribution in [-0.2, 0) is 24.3 Å². The quantitative estimate of drug-likeness (QED) is 0.854. The summed E-state index contributed by atoms with van der Waals surface area (Å²) >= 11 is 0. The van der Waals surface area contributed by atoms with Crippen molar-refractivity contribution in [1.82, 2.24) is 9.78 Å². The molecule has 6 heteroatoms. The Morgan fingerprint density at radius 1 is 1.50 bits per heavy atom. The molecule has 0 aliphatic carbocycles. The van der Waals surface area contributed by atoms with Crippen molar-refractivity contribution in [1.29, 1.82) is 0 Å². The van der Waals surface area contributed by atoms with Crippen LogP contribution in [0.25, 0.3) is 0 Å². The van der Waals surface area contributed by atoms with Crippen LogP contribution in [0.4, 0.5) is 10.1 Å². The van der Waals surface area contributed by atoms with Crippen molar-refractivity contribution < 1.29 is 8.60 Å². The van der Waals surface area contributed by atoms with Gasteiger partial charge in [0.25, 0.3) is 0 Å². The Kier molecular flexibility index (Phi) is 3.76. The van der Waals surface area contributed by atoms with Crippen LogP contribution in [0.2, 0.25) is 0 Å². The molecule has 2 rings (SSSR count). The molecule has 2 N–H and O–H groups in total. The average molecular weight is 267 g/mol. The van der Waals surface area contributed by atoms with Gasteiger partial charge >= 0.3 is 0 Å². The fraction of sp³-hybridized carbons (Fsp3) is 0.250. The average Bonchev–Trinajstić information content (AvgIpc) is 2.72. The van der Waals surface area contributed by atoms with Crippen LogP contribution in [0.3, 0.4) is 0 Å². The first kappa shape index (κ1) is 12.8. The minimum atomic E-state index is -1.22. The molecule has 1 heterocycles. The number of aryl methyl sites for hydroxylation is 2. The van der Waals surface area contributed by atoms with Crippen molar-refractivity contribution in [2.24, 2.45) is 7.05 Å². The van der Waals surface area contributed by atoms with E-state index in [9.17, 15) is 8.60 Å². The fourth-order valence-electron chi connectivity index (χ4n) is 1.65. The molecule has 0 bridgehead atoms. The maximum Gasteiger partial charge on any atom is 0.125 e. The molecule has 0 spiro atoms. The molecule has 1 atom stereocenters. The van der Waals surface area contributed by atoms with Gasteiger partial charge < -0.3 is 5.73 Å². The second-order valence-corrected chi connectivity index (χ2v) is 5.54. The highest BCUT2D eigenvalue weighted by atomic mass is 32.2. The smallest absolute Gasteiger partial charge is 0.125 e. The zero-order valence-corrected chi connectivity index (χ0v) is 10.8. The number of aromatic nitrogens is 2. The first-order valence-electron chi connectivity index (χ1n) is 5.47. The van der Waals surface area contributed by atoms with Gasteiger partial charge in [0.2, 0.25) is 0 Å². The number of benzene rings is 1. The molecule has 0 amide bonds. The third kappa shape index (κ3) is 2.95. The van der Waals surface area contributed by atoms with E-state index in [0.717, 1.165) is 5.56 Å². The standard InChI is InChI=1S/C12H14FN3OS/c1-16-8-9(7-15-16)4-5-18(17)12-3-2-10(13)6-11(12)14/h2-3,6-8H,4-5,14H2,1H3. The zero-order valence-electron chi connectivity index (χ0n) is 9.97. The van der Waals surface area contributed by atoms with Crippen LogP contribution < -0.4 is 5.73 Å². The van der Waals surface area contributed by atoms with Gasteiger partial charge in [-0.15, -0.1) is 0 Å². The van der Waals surface area contributed by atoms with Crippen LogP contribution >= 0.6 is 0 Å². The fourth-order valence-corrected chi connectivity index (χ4v) is 2.83. The second kappa shape index (κ2) is 5.30. The van der Waals surface area contributed by atoms with Gasteiger partial charge in [-0.1, -0.05) is 0 Å². The van der Waals surface area contributed by atoms with E-state index in [0.29, 0.717) is 17.1 Å². The Bertz CT molecular complexity index is 582. The van der Waals surface area contributed by atoms with E-state index >= 15 is 0 Å². The van der Waals surface area contributed by atoms with Crippen LogP contribution in [0, 0.1) is 5.82 Å². The molecule has 96 valence electrons. The number of halogens is 1. The number of anilines is 1. The van der Waals surface area contributed by atoms with Crippen LogP contribution in [0.1, 0.15) is 5.56 Å². The predicted octanol–water partition coefficient (Wildman–Crippen LogP) is 1.49. The molecule has 1 unspecified atom stereocenters. The van der Waals surface area contributed by atoms with E-state index in [1.165, 1.54) is 18.2 Å². The molecule has 0 saturated carbocycles. The molecule has 0 radical (unpaired) electrons. The van der Waals surface area contributed by atoms with Crippen molar-refractivity contribution in [2.45, 2.75) is 11.3 Å². The summed E-state index contributed by atoms with van der Waals surface area (Å²) in [4.78, 5) is 0.486. The summed E-state index contributed by atoms with van der Waals surface area (Å²) in [5.41, 5.74) is 6.90. The van der Waals surface area contributed by atoms with E-state index in [1.807, 2.05) is 13.2 Å². The highest BCUT2D eigenvalue weighted by Crippen LogP contribution is 2.18. The number of nitrogens with two attached hydrogens (primary N) is 1. The number of rotatable bonds is 4. The van der Waals surface area contributed by atoms with Crippen molar-refractivity contribution in [3.63, 3.8) is 0 Å². The number of nitrogen functional groups attached to an aromatic ring is 1. The molecule has 4 nitrogen and oxygen atoms in total. The van der Waals surface area contributed by atoms with Gasteiger partial charge in [-0.2, -0.15) is 5.10 Å². The van der Waals surface area contributed by atoms with Gasteiger partial charge in [-0.05, 0) is 30.2 Å². The Morgan fingerprint density at radius 3 is 2.89 bits per heavy atom. The minimum absolute atomic E-state index is 0.236. The number of hydrogen-bond acceptors (Lipinski definition) is 3. The first-order valence-corrected chi connectivity index (χ1v) is 6.79. The summed E-state index contributed by atoms with van der Waals surface area (Å²) in [6.07, 6.45) is 4.27. The Labute approximate surface area is 107 Å².